The van der Waals surface area contributed by atoms with Crippen molar-refractivity contribution in [3.63, 3.8) is 0 Å². The zero-order chi connectivity index (χ0) is 25.5. The minimum Gasteiger partial charge on any atom is -0.354 e. The summed E-state index contributed by atoms with van der Waals surface area (Å²) in [6, 6.07) is 21.1. The predicted molar refractivity (Wildman–Crippen MR) is 130 cm³/mol. The van der Waals surface area contributed by atoms with Crippen molar-refractivity contribution in [3.8, 4) is 0 Å². The number of likely N-dealkylation sites (tertiary alicyclic amines) is 1. The molecular formula is C28H29F4N3O. The molecule has 1 aliphatic heterocycles. The summed E-state index contributed by atoms with van der Waals surface area (Å²) >= 11 is 0. The van der Waals surface area contributed by atoms with Crippen molar-refractivity contribution in [2.24, 2.45) is 0 Å². The number of carbonyl (C=O) groups is 1. The number of carbonyl (C=O) groups excluding carboxylic acids is 1. The molecule has 1 amide bonds. The van der Waals surface area contributed by atoms with Gasteiger partial charge in [-0.15, -0.1) is 0 Å². The predicted octanol–water partition coefficient (Wildman–Crippen LogP) is 4.94. The van der Waals surface area contributed by atoms with Crippen LogP contribution in [0.1, 0.15) is 28.7 Å². The van der Waals surface area contributed by atoms with Crippen LogP contribution in [0.5, 0.6) is 0 Å². The van der Waals surface area contributed by atoms with Gasteiger partial charge in [0.25, 0.3) is 0 Å². The molecular weight excluding hydrogens is 470 g/mol. The van der Waals surface area contributed by atoms with E-state index >= 15 is 0 Å². The van der Waals surface area contributed by atoms with Gasteiger partial charge >= 0.3 is 6.18 Å². The van der Waals surface area contributed by atoms with Gasteiger partial charge in [0.1, 0.15) is 5.82 Å². The molecule has 1 heterocycles. The maximum absolute atomic E-state index is 13.9. The molecule has 1 saturated heterocycles. The fraction of sp³-hybridized carbons (Fsp3) is 0.321. The summed E-state index contributed by atoms with van der Waals surface area (Å²) < 4.78 is 54.0. The molecule has 36 heavy (non-hydrogen) atoms. The van der Waals surface area contributed by atoms with Crippen molar-refractivity contribution in [2.45, 2.75) is 44.2 Å². The minimum absolute atomic E-state index is 0.0567. The number of nitrogens with one attached hydrogen (secondary N) is 2. The molecule has 8 heteroatoms. The van der Waals surface area contributed by atoms with Crippen molar-refractivity contribution < 1.29 is 22.4 Å². The van der Waals surface area contributed by atoms with Crippen LogP contribution in [-0.4, -0.2) is 36.0 Å². The van der Waals surface area contributed by atoms with E-state index in [4.69, 9.17) is 0 Å². The topological polar surface area (TPSA) is 44.4 Å². The fourth-order valence-corrected chi connectivity index (χ4v) is 4.66. The highest BCUT2D eigenvalue weighted by molar-refractivity contribution is 5.82. The summed E-state index contributed by atoms with van der Waals surface area (Å²) in [6.07, 6.45) is -3.58. The molecule has 190 valence electrons. The van der Waals surface area contributed by atoms with Crippen LogP contribution in [-0.2, 0) is 30.5 Å². The number of amides is 1. The monoisotopic (exact) mass is 499 g/mol. The van der Waals surface area contributed by atoms with Crippen LogP contribution in [0.15, 0.2) is 78.9 Å². The van der Waals surface area contributed by atoms with Crippen LogP contribution in [0.4, 0.5) is 17.6 Å². The van der Waals surface area contributed by atoms with Crippen molar-refractivity contribution in [2.75, 3.05) is 13.1 Å². The Morgan fingerprint density at radius 2 is 1.58 bits per heavy atom. The first-order valence-corrected chi connectivity index (χ1v) is 12.0. The Bertz CT molecular complexity index is 1150. The highest BCUT2D eigenvalue weighted by Crippen LogP contribution is 2.32. The summed E-state index contributed by atoms with van der Waals surface area (Å²) in [6.45, 7) is 1.42. The lowest BCUT2D eigenvalue weighted by molar-refractivity contribution is -0.138. The van der Waals surface area contributed by atoms with Gasteiger partial charge in [0, 0.05) is 32.2 Å². The zero-order valence-corrected chi connectivity index (χ0v) is 19.8. The van der Waals surface area contributed by atoms with Gasteiger partial charge in [-0.25, -0.2) is 4.39 Å². The summed E-state index contributed by atoms with van der Waals surface area (Å²) in [7, 11) is 0. The molecule has 3 aromatic rings. The number of nitrogens with zero attached hydrogens (tertiary/aromatic N) is 1. The third kappa shape index (κ3) is 6.71. The Balaban J connectivity index is 1.41. The number of hydrogen-bond acceptors (Lipinski definition) is 3. The number of alkyl halides is 3. The summed E-state index contributed by atoms with van der Waals surface area (Å²) in [5, 5.41) is 6.14. The summed E-state index contributed by atoms with van der Waals surface area (Å²) in [4.78, 5) is 15.1. The molecule has 4 nitrogen and oxygen atoms in total. The van der Waals surface area contributed by atoms with E-state index in [2.05, 4.69) is 10.6 Å². The van der Waals surface area contributed by atoms with Gasteiger partial charge in [-0.1, -0.05) is 66.7 Å². The first-order chi connectivity index (χ1) is 17.3. The summed E-state index contributed by atoms with van der Waals surface area (Å²) in [5.41, 5.74) is 1.11. The van der Waals surface area contributed by atoms with E-state index in [0.29, 0.717) is 38.0 Å². The minimum atomic E-state index is -4.42. The average Bonchev–Trinajstić information content (AvgIpc) is 3.27. The van der Waals surface area contributed by atoms with Gasteiger partial charge in [0.05, 0.1) is 11.6 Å². The second kappa shape index (κ2) is 11.7. The molecule has 0 aliphatic carbocycles. The lowest BCUT2D eigenvalue weighted by atomic mass is 10.1. The maximum atomic E-state index is 13.9. The molecule has 4 rings (SSSR count). The number of rotatable bonds is 9. The molecule has 2 atom stereocenters. The van der Waals surface area contributed by atoms with Crippen LogP contribution in [0, 0.1) is 5.82 Å². The van der Waals surface area contributed by atoms with Crippen LogP contribution in [0.3, 0.4) is 0 Å². The fourth-order valence-electron chi connectivity index (χ4n) is 4.66. The first kappa shape index (κ1) is 25.9. The normalized spacial score (nSPS) is 18.3. The number of halogens is 4. The Hall–Kier alpha value is -3.23. The van der Waals surface area contributed by atoms with E-state index < -0.39 is 17.8 Å². The smallest absolute Gasteiger partial charge is 0.354 e. The van der Waals surface area contributed by atoms with E-state index in [1.807, 2.05) is 35.2 Å². The second-order valence-corrected chi connectivity index (χ2v) is 9.03. The van der Waals surface area contributed by atoms with Crippen LogP contribution in [0.25, 0.3) is 0 Å². The zero-order valence-electron chi connectivity index (χ0n) is 19.8. The Kier molecular flexibility index (Phi) is 8.38. The van der Waals surface area contributed by atoms with Gasteiger partial charge in [-0.2, -0.15) is 13.2 Å². The van der Waals surface area contributed by atoms with E-state index in [9.17, 15) is 22.4 Å². The molecule has 1 fully saturated rings. The third-order valence-electron chi connectivity index (χ3n) is 6.49. The van der Waals surface area contributed by atoms with Gasteiger partial charge in [0.15, 0.2) is 0 Å². The third-order valence-corrected chi connectivity index (χ3v) is 6.49. The Morgan fingerprint density at radius 3 is 2.31 bits per heavy atom. The van der Waals surface area contributed by atoms with Gasteiger partial charge < -0.3 is 10.6 Å². The molecule has 2 N–H and O–H groups in total. The molecule has 0 saturated carbocycles. The lowest BCUT2D eigenvalue weighted by Crippen LogP contribution is -2.43. The van der Waals surface area contributed by atoms with E-state index in [1.165, 1.54) is 18.2 Å². The van der Waals surface area contributed by atoms with Crippen LogP contribution < -0.4 is 10.6 Å². The molecule has 0 bridgehead atoms. The van der Waals surface area contributed by atoms with Crippen molar-refractivity contribution in [3.05, 3.63) is 107 Å². The Morgan fingerprint density at radius 1 is 0.917 bits per heavy atom. The SMILES string of the molecule is O=C(NCCc1ccccc1F)[C@@H]1C[C@H](NCc2ccccc2C(F)(F)F)CN1Cc1ccccc1. The van der Waals surface area contributed by atoms with Crippen molar-refractivity contribution in [1.29, 1.82) is 0 Å². The van der Waals surface area contributed by atoms with E-state index in [1.54, 1.807) is 24.3 Å². The average molecular weight is 500 g/mol. The van der Waals surface area contributed by atoms with Crippen molar-refractivity contribution >= 4 is 5.91 Å². The largest absolute Gasteiger partial charge is 0.416 e. The van der Waals surface area contributed by atoms with E-state index in [0.717, 1.165) is 11.6 Å². The standard InChI is InChI=1S/C28H29F4N3O/c29-25-13-7-5-10-21(25)14-15-33-27(36)26-16-23(19-35(26)18-20-8-2-1-3-9-20)34-17-22-11-4-6-12-24(22)28(30,31)32/h1-13,23,26,34H,14-19H2,(H,33,36)/t23-,26-/m0/s1. The molecule has 0 radical (unpaired) electrons. The molecule has 3 aromatic carbocycles. The van der Waals surface area contributed by atoms with Gasteiger partial charge in [0.2, 0.25) is 5.91 Å². The van der Waals surface area contributed by atoms with Gasteiger partial charge in [-0.05, 0) is 41.7 Å². The maximum Gasteiger partial charge on any atom is 0.416 e. The first-order valence-electron chi connectivity index (χ1n) is 12.0. The lowest BCUT2D eigenvalue weighted by Gasteiger charge is -2.23. The highest BCUT2D eigenvalue weighted by Gasteiger charge is 2.37. The highest BCUT2D eigenvalue weighted by atomic mass is 19.4. The van der Waals surface area contributed by atoms with Crippen molar-refractivity contribution in [1.82, 2.24) is 15.5 Å². The molecule has 0 unspecified atom stereocenters. The molecule has 0 spiro atoms. The Labute approximate surface area is 208 Å². The van der Waals surface area contributed by atoms with E-state index in [-0.39, 0.29) is 29.9 Å². The quantitative estimate of drug-likeness (QED) is 0.410. The summed E-state index contributed by atoms with van der Waals surface area (Å²) in [5.74, 6) is -0.469. The van der Waals surface area contributed by atoms with Crippen LogP contribution >= 0.6 is 0 Å². The molecule has 0 aromatic heterocycles. The van der Waals surface area contributed by atoms with Gasteiger partial charge in [-0.3, -0.25) is 9.69 Å². The number of benzene rings is 3. The van der Waals surface area contributed by atoms with Crippen LogP contribution in [0.2, 0.25) is 0 Å². The molecule has 1 aliphatic rings. The second-order valence-electron chi connectivity index (χ2n) is 9.03. The number of hydrogen-bond donors (Lipinski definition) is 2.